The first-order valence-electron chi connectivity index (χ1n) is 17.5. The van der Waals surface area contributed by atoms with E-state index in [0.717, 1.165) is 32.1 Å². The van der Waals surface area contributed by atoms with Crippen LogP contribution in [0.15, 0.2) is 0 Å². The van der Waals surface area contributed by atoms with Gasteiger partial charge in [-0.3, -0.25) is 14.4 Å². The molecule has 1 aliphatic rings. The number of esters is 2. The van der Waals surface area contributed by atoms with Crippen LogP contribution in [0.1, 0.15) is 170 Å². The summed E-state index contributed by atoms with van der Waals surface area (Å²) in [6.45, 7) is 10.9. The van der Waals surface area contributed by atoms with E-state index in [0.29, 0.717) is 17.9 Å². The van der Waals surface area contributed by atoms with Crippen LogP contribution in [-0.2, 0) is 38.3 Å². The first-order valence-corrected chi connectivity index (χ1v) is 17.5. The molecule has 2 unspecified atom stereocenters. The zero-order valence-electron chi connectivity index (χ0n) is 29.5. The van der Waals surface area contributed by atoms with Gasteiger partial charge in [-0.15, -0.1) is 5.06 Å². The van der Waals surface area contributed by atoms with E-state index in [9.17, 15) is 29.1 Å². The van der Waals surface area contributed by atoms with Crippen LogP contribution in [0.3, 0.4) is 0 Å². The topological polar surface area (TPSA) is 149 Å². The maximum Gasteiger partial charge on any atom is 0.332 e. The standard InChI is InChI=1S/C35H62N2O9/c1-34(2,3)44-31(41)22-20-18-16-14-12-10-8-7-9-11-13-15-17-19-21-28(38)36-27(33(43)45-35(4,5)6)23-26-32(42)46-37-29(39)24-25-30(37)40/h27,29,39H,7-26H2,1-6H3,(H,36,38). The number of nitrogens with one attached hydrogen (secondary N) is 1. The highest BCUT2D eigenvalue weighted by atomic mass is 16.7. The molecule has 46 heavy (non-hydrogen) atoms. The average molecular weight is 655 g/mol. The number of carbonyl (C=O) groups is 5. The van der Waals surface area contributed by atoms with Crippen molar-refractivity contribution in [3.63, 3.8) is 0 Å². The quantitative estimate of drug-likeness (QED) is 0.0921. The molecule has 0 bridgehead atoms. The zero-order chi connectivity index (χ0) is 34.6. The van der Waals surface area contributed by atoms with Crippen molar-refractivity contribution in [1.29, 1.82) is 0 Å². The lowest BCUT2D eigenvalue weighted by molar-refractivity contribution is -0.220. The predicted octanol–water partition coefficient (Wildman–Crippen LogP) is 6.58. The second-order valence-corrected chi connectivity index (χ2v) is 14.4. The third-order valence-electron chi connectivity index (χ3n) is 7.45. The van der Waals surface area contributed by atoms with Crippen molar-refractivity contribution >= 4 is 29.7 Å². The van der Waals surface area contributed by atoms with Crippen molar-refractivity contribution in [1.82, 2.24) is 10.4 Å². The molecule has 2 N–H and O–H groups in total. The van der Waals surface area contributed by atoms with Crippen LogP contribution in [0.5, 0.6) is 0 Å². The fraction of sp³-hybridized carbons (Fsp3) is 0.857. The maximum atomic E-state index is 12.7. The van der Waals surface area contributed by atoms with Gasteiger partial charge in [0, 0.05) is 25.7 Å². The molecule has 1 aliphatic heterocycles. The van der Waals surface area contributed by atoms with Crippen molar-refractivity contribution in [2.75, 3.05) is 0 Å². The van der Waals surface area contributed by atoms with E-state index in [1.165, 1.54) is 51.4 Å². The summed E-state index contributed by atoms with van der Waals surface area (Å²) in [5, 5.41) is 13.1. The number of hydrogen-bond acceptors (Lipinski definition) is 9. The van der Waals surface area contributed by atoms with E-state index in [4.69, 9.17) is 14.3 Å². The highest BCUT2D eigenvalue weighted by Gasteiger charge is 2.34. The summed E-state index contributed by atoms with van der Waals surface area (Å²) in [6, 6.07) is -1.03. The van der Waals surface area contributed by atoms with E-state index >= 15 is 0 Å². The molecule has 266 valence electrons. The molecule has 1 fully saturated rings. The van der Waals surface area contributed by atoms with Crippen molar-refractivity contribution in [2.24, 2.45) is 0 Å². The third kappa shape index (κ3) is 21.2. The van der Waals surface area contributed by atoms with E-state index < -0.39 is 41.3 Å². The number of nitrogens with zero attached hydrogens (tertiary/aromatic N) is 1. The minimum Gasteiger partial charge on any atom is -0.460 e. The molecule has 0 spiro atoms. The van der Waals surface area contributed by atoms with Gasteiger partial charge < -0.3 is 24.7 Å². The van der Waals surface area contributed by atoms with Gasteiger partial charge in [0.25, 0.3) is 5.91 Å². The Morgan fingerprint density at radius 2 is 1.17 bits per heavy atom. The van der Waals surface area contributed by atoms with E-state index in [1.54, 1.807) is 20.8 Å². The van der Waals surface area contributed by atoms with Crippen molar-refractivity contribution in [2.45, 2.75) is 193 Å². The van der Waals surface area contributed by atoms with E-state index in [2.05, 4.69) is 5.32 Å². The molecular formula is C35H62N2O9. The van der Waals surface area contributed by atoms with Gasteiger partial charge in [-0.2, -0.15) is 0 Å². The van der Waals surface area contributed by atoms with Gasteiger partial charge in [-0.05, 0) is 60.8 Å². The smallest absolute Gasteiger partial charge is 0.332 e. The Bertz CT molecular complexity index is 939. The average Bonchev–Trinajstić information content (AvgIpc) is 3.25. The molecule has 0 aromatic carbocycles. The number of hydroxylamine groups is 2. The first kappa shape index (κ1) is 41.3. The number of aliphatic hydroxyl groups is 1. The van der Waals surface area contributed by atoms with Crippen molar-refractivity contribution < 1.29 is 43.4 Å². The largest absolute Gasteiger partial charge is 0.460 e. The molecule has 1 heterocycles. The lowest BCUT2D eigenvalue weighted by Gasteiger charge is -2.25. The lowest BCUT2D eigenvalue weighted by Crippen LogP contribution is -2.44. The van der Waals surface area contributed by atoms with E-state index in [-0.39, 0.29) is 44.0 Å². The summed E-state index contributed by atoms with van der Waals surface area (Å²) < 4.78 is 10.8. The summed E-state index contributed by atoms with van der Waals surface area (Å²) in [5.74, 6) is -2.28. The van der Waals surface area contributed by atoms with Crippen LogP contribution < -0.4 is 5.32 Å². The second kappa shape index (κ2) is 22.0. The Balaban J connectivity index is 2.13. The minimum absolute atomic E-state index is 0.0482. The number of rotatable bonds is 23. The van der Waals surface area contributed by atoms with Crippen LogP contribution in [0.4, 0.5) is 0 Å². The van der Waals surface area contributed by atoms with Gasteiger partial charge in [0.2, 0.25) is 5.91 Å². The summed E-state index contributed by atoms with van der Waals surface area (Å²) in [5.41, 5.74) is -1.17. The molecule has 0 aromatic heterocycles. The molecule has 0 saturated carbocycles. The number of carbonyl (C=O) groups excluding carboxylic acids is 5. The normalized spacial score (nSPS) is 15.8. The summed E-state index contributed by atoms with van der Waals surface area (Å²) in [7, 11) is 0. The second-order valence-electron chi connectivity index (χ2n) is 14.4. The molecule has 2 amide bonds. The molecule has 0 aromatic rings. The van der Waals surface area contributed by atoms with Crippen LogP contribution in [-0.4, -0.2) is 63.4 Å². The molecule has 1 rings (SSSR count). The van der Waals surface area contributed by atoms with Gasteiger partial charge in [-0.1, -0.05) is 77.0 Å². The van der Waals surface area contributed by atoms with Gasteiger partial charge >= 0.3 is 17.9 Å². The SMILES string of the molecule is CC(C)(C)OC(=O)CCCCCCCCCCCCCCCCC(=O)NC(CCC(=O)ON1C(=O)CCC1O)C(=O)OC(C)(C)C. The molecular weight excluding hydrogens is 592 g/mol. The fourth-order valence-corrected chi connectivity index (χ4v) is 5.13. The molecule has 0 aliphatic carbocycles. The maximum absolute atomic E-state index is 12.7. The number of ether oxygens (including phenoxy) is 2. The van der Waals surface area contributed by atoms with Gasteiger partial charge in [0.15, 0.2) is 6.23 Å². The third-order valence-corrected chi connectivity index (χ3v) is 7.45. The van der Waals surface area contributed by atoms with Crippen LogP contribution >= 0.6 is 0 Å². The molecule has 0 radical (unpaired) electrons. The Kier molecular flexibility index (Phi) is 19.8. The molecule has 2 atom stereocenters. The number of aliphatic hydroxyl groups excluding tert-OH is 1. The first-order chi connectivity index (χ1) is 21.6. The summed E-state index contributed by atoms with van der Waals surface area (Å²) >= 11 is 0. The number of hydrogen-bond donors (Lipinski definition) is 2. The van der Waals surface area contributed by atoms with Gasteiger partial charge in [0.1, 0.15) is 17.2 Å². The van der Waals surface area contributed by atoms with E-state index in [1.807, 2.05) is 20.8 Å². The Labute approximate surface area is 276 Å². The summed E-state index contributed by atoms with van der Waals surface area (Å²) in [4.78, 5) is 66.0. The molecule has 11 nitrogen and oxygen atoms in total. The Hall–Kier alpha value is -2.69. The minimum atomic E-state index is -1.17. The number of unbranched alkanes of at least 4 members (excludes halogenated alkanes) is 13. The molecule has 11 heteroatoms. The van der Waals surface area contributed by atoms with Crippen molar-refractivity contribution in [3.05, 3.63) is 0 Å². The Morgan fingerprint density at radius 1 is 0.717 bits per heavy atom. The number of amides is 2. The fourth-order valence-electron chi connectivity index (χ4n) is 5.13. The lowest BCUT2D eigenvalue weighted by atomic mass is 10.0. The van der Waals surface area contributed by atoms with Crippen LogP contribution in [0.25, 0.3) is 0 Å². The highest BCUT2D eigenvalue weighted by molar-refractivity contribution is 5.85. The predicted molar refractivity (Wildman–Crippen MR) is 175 cm³/mol. The summed E-state index contributed by atoms with van der Waals surface area (Å²) in [6.07, 6.45) is 15.2. The highest BCUT2D eigenvalue weighted by Crippen LogP contribution is 2.19. The van der Waals surface area contributed by atoms with Crippen LogP contribution in [0, 0.1) is 0 Å². The molecule has 1 saturated heterocycles. The van der Waals surface area contributed by atoms with Gasteiger partial charge in [0.05, 0.1) is 6.42 Å². The van der Waals surface area contributed by atoms with Crippen molar-refractivity contribution in [3.8, 4) is 0 Å². The monoisotopic (exact) mass is 654 g/mol. The van der Waals surface area contributed by atoms with Gasteiger partial charge in [-0.25, -0.2) is 9.59 Å². The zero-order valence-corrected chi connectivity index (χ0v) is 29.5. The Morgan fingerprint density at radius 3 is 1.61 bits per heavy atom. The van der Waals surface area contributed by atoms with Crippen LogP contribution in [0.2, 0.25) is 0 Å².